The number of hydrogen-bond acceptors (Lipinski definition) is 2. The number of hydrogen-bond donors (Lipinski definition) is 1. The third-order valence-corrected chi connectivity index (χ3v) is 4.65. The maximum absolute atomic E-state index is 5.84. The summed E-state index contributed by atoms with van der Waals surface area (Å²) in [6, 6.07) is 17.2. The second-order valence-corrected chi connectivity index (χ2v) is 6.63. The lowest BCUT2D eigenvalue weighted by molar-refractivity contribution is 0.831. The van der Waals surface area contributed by atoms with E-state index in [4.69, 9.17) is 10.8 Å². The largest absolute Gasteiger partial charge is 0.325 e. The van der Waals surface area contributed by atoms with Gasteiger partial charge in [-0.2, -0.15) is 5.10 Å². The lowest BCUT2D eigenvalue weighted by atomic mass is 10.0. The van der Waals surface area contributed by atoms with Crippen molar-refractivity contribution >= 4 is 0 Å². The molecule has 0 spiro atoms. The number of nitrogens with two attached hydrogens (primary N) is 1. The number of aryl methyl sites for hydroxylation is 1. The van der Waals surface area contributed by atoms with Gasteiger partial charge in [-0.05, 0) is 48.6 Å². The van der Waals surface area contributed by atoms with Crippen molar-refractivity contribution in [1.82, 2.24) is 9.78 Å². The smallest absolute Gasteiger partial charge is 0.0771 e. The highest BCUT2D eigenvalue weighted by atomic mass is 15.3. The van der Waals surface area contributed by atoms with Crippen molar-refractivity contribution in [2.75, 3.05) is 0 Å². The Hall–Kier alpha value is -2.39. The van der Waals surface area contributed by atoms with Crippen molar-refractivity contribution in [2.45, 2.75) is 40.2 Å². The monoisotopic (exact) mass is 319 g/mol. The Labute approximate surface area is 144 Å². The van der Waals surface area contributed by atoms with Crippen LogP contribution in [0.25, 0.3) is 16.9 Å². The fourth-order valence-corrected chi connectivity index (χ4v) is 2.92. The third-order valence-electron chi connectivity index (χ3n) is 4.65. The molecule has 0 fully saturated rings. The summed E-state index contributed by atoms with van der Waals surface area (Å²) < 4.78 is 2.02. The molecule has 3 rings (SSSR count). The first-order valence-corrected chi connectivity index (χ1v) is 8.47. The summed E-state index contributed by atoms with van der Waals surface area (Å²) in [5.74, 6) is 0.530. The average Bonchev–Trinajstić information content (AvgIpc) is 3.01. The first kappa shape index (κ1) is 16.5. The van der Waals surface area contributed by atoms with Gasteiger partial charge in [-0.15, -0.1) is 0 Å². The highest BCUT2D eigenvalue weighted by Gasteiger charge is 2.13. The number of nitrogens with zero attached hydrogens (tertiary/aromatic N) is 2. The zero-order valence-corrected chi connectivity index (χ0v) is 14.9. The van der Waals surface area contributed by atoms with Crippen LogP contribution in [0.5, 0.6) is 0 Å². The maximum Gasteiger partial charge on any atom is 0.0771 e. The molecule has 1 heterocycles. The summed E-state index contributed by atoms with van der Waals surface area (Å²) in [4.78, 5) is 0. The lowest BCUT2D eigenvalue weighted by Crippen LogP contribution is -2.04. The molecule has 0 radical (unpaired) electrons. The minimum atomic E-state index is 0.439. The molecule has 24 heavy (non-hydrogen) atoms. The Morgan fingerprint density at radius 3 is 2.38 bits per heavy atom. The summed E-state index contributed by atoms with van der Waals surface area (Å²) in [6.07, 6.45) is 0. The predicted octanol–water partition coefficient (Wildman–Crippen LogP) is 4.74. The molecule has 3 nitrogen and oxygen atoms in total. The van der Waals surface area contributed by atoms with E-state index in [1.54, 1.807) is 0 Å². The highest BCUT2D eigenvalue weighted by molar-refractivity contribution is 5.64. The van der Waals surface area contributed by atoms with E-state index < -0.39 is 0 Å². The summed E-state index contributed by atoms with van der Waals surface area (Å²) >= 11 is 0. The van der Waals surface area contributed by atoms with Crippen molar-refractivity contribution in [3.63, 3.8) is 0 Å². The van der Waals surface area contributed by atoms with Crippen LogP contribution < -0.4 is 5.73 Å². The zero-order valence-electron chi connectivity index (χ0n) is 14.9. The Balaban J connectivity index is 2.14. The first-order chi connectivity index (χ1) is 11.5. The van der Waals surface area contributed by atoms with Crippen LogP contribution in [0.4, 0.5) is 0 Å². The van der Waals surface area contributed by atoms with E-state index in [9.17, 15) is 0 Å². The third kappa shape index (κ3) is 3.00. The molecule has 0 unspecified atom stereocenters. The minimum Gasteiger partial charge on any atom is -0.325 e. The molecule has 1 aromatic heterocycles. The maximum atomic E-state index is 5.84. The molecule has 0 saturated heterocycles. The molecule has 2 N–H and O–H groups in total. The van der Waals surface area contributed by atoms with Gasteiger partial charge in [0.05, 0.1) is 17.1 Å². The summed E-state index contributed by atoms with van der Waals surface area (Å²) in [6.45, 7) is 9.13. The minimum absolute atomic E-state index is 0.439. The molecular weight excluding hydrogens is 294 g/mol. The van der Waals surface area contributed by atoms with Crippen LogP contribution in [0.1, 0.15) is 42.1 Å². The molecule has 0 saturated carbocycles. The van der Waals surface area contributed by atoms with E-state index in [0.717, 1.165) is 22.6 Å². The molecule has 3 aromatic rings. The van der Waals surface area contributed by atoms with Gasteiger partial charge in [-0.3, -0.25) is 0 Å². The Morgan fingerprint density at radius 2 is 1.75 bits per heavy atom. The fourth-order valence-electron chi connectivity index (χ4n) is 2.92. The predicted molar refractivity (Wildman–Crippen MR) is 100 cm³/mol. The van der Waals surface area contributed by atoms with Gasteiger partial charge in [0.15, 0.2) is 0 Å². The van der Waals surface area contributed by atoms with Crippen LogP contribution in [0.2, 0.25) is 0 Å². The van der Waals surface area contributed by atoms with Gasteiger partial charge < -0.3 is 5.73 Å². The van der Waals surface area contributed by atoms with Crippen LogP contribution in [-0.4, -0.2) is 9.78 Å². The zero-order chi connectivity index (χ0) is 17.3. The molecule has 3 heteroatoms. The SMILES string of the molecule is Cc1cccc(-n2nc(CN)cc2-c2ccc(C(C)C)cc2)c1C. The van der Waals surface area contributed by atoms with Gasteiger partial charge in [-0.25, -0.2) is 4.68 Å². The molecule has 0 aliphatic carbocycles. The highest BCUT2D eigenvalue weighted by Crippen LogP contribution is 2.28. The van der Waals surface area contributed by atoms with Crippen LogP contribution in [0.3, 0.4) is 0 Å². The van der Waals surface area contributed by atoms with E-state index >= 15 is 0 Å². The second kappa shape index (κ2) is 6.62. The number of rotatable bonds is 4. The van der Waals surface area contributed by atoms with Crippen LogP contribution in [0.15, 0.2) is 48.5 Å². The molecule has 0 atom stereocenters. The Bertz CT molecular complexity index is 842. The van der Waals surface area contributed by atoms with Gasteiger partial charge >= 0.3 is 0 Å². The van der Waals surface area contributed by atoms with Crippen molar-refractivity contribution in [1.29, 1.82) is 0 Å². The molecule has 124 valence electrons. The van der Waals surface area contributed by atoms with E-state index in [2.05, 4.69) is 76.2 Å². The first-order valence-electron chi connectivity index (χ1n) is 8.47. The molecule has 0 bridgehead atoms. The van der Waals surface area contributed by atoms with Gasteiger partial charge in [-0.1, -0.05) is 50.2 Å². The number of aromatic nitrogens is 2. The van der Waals surface area contributed by atoms with E-state index in [-0.39, 0.29) is 0 Å². The average molecular weight is 319 g/mol. The standard InChI is InChI=1S/C21H25N3/c1-14(2)17-8-10-18(11-9-17)21-12-19(13-22)23-24(21)20-7-5-6-15(3)16(20)4/h5-12,14H,13,22H2,1-4H3. The molecule has 0 aliphatic heterocycles. The van der Waals surface area contributed by atoms with Crippen LogP contribution in [-0.2, 0) is 6.54 Å². The number of benzene rings is 2. The molecule has 0 amide bonds. The van der Waals surface area contributed by atoms with Gasteiger partial charge in [0, 0.05) is 12.1 Å². The van der Waals surface area contributed by atoms with Crippen LogP contribution in [0, 0.1) is 13.8 Å². The van der Waals surface area contributed by atoms with Crippen LogP contribution >= 0.6 is 0 Å². The fraction of sp³-hybridized carbons (Fsp3) is 0.286. The van der Waals surface area contributed by atoms with Gasteiger partial charge in [0.25, 0.3) is 0 Å². The van der Waals surface area contributed by atoms with Crippen molar-refractivity contribution in [2.24, 2.45) is 5.73 Å². The topological polar surface area (TPSA) is 43.8 Å². The summed E-state index contributed by atoms with van der Waals surface area (Å²) in [7, 11) is 0. The van der Waals surface area contributed by atoms with Gasteiger partial charge in [0.2, 0.25) is 0 Å². The molecular formula is C21H25N3. The van der Waals surface area contributed by atoms with E-state index in [1.165, 1.54) is 16.7 Å². The quantitative estimate of drug-likeness (QED) is 0.755. The summed E-state index contributed by atoms with van der Waals surface area (Å²) in [5, 5.41) is 4.73. The second-order valence-electron chi connectivity index (χ2n) is 6.63. The van der Waals surface area contributed by atoms with Crippen molar-refractivity contribution < 1.29 is 0 Å². The Morgan fingerprint density at radius 1 is 1.04 bits per heavy atom. The normalized spacial score (nSPS) is 11.2. The van der Waals surface area contributed by atoms with Crippen molar-refractivity contribution in [3.05, 3.63) is 70.9 Å². The Kier molecular flexibility index (Phi) is 4.54. The van der Waals surface area contributed by atoms with E-state index in [0.29, 0.717) is 12.5 Å². The van der Waals surface area contributed by atoms with Crippen molar-refractivity contribution in [3.8, 4) is 16.9 Å². The lowest BCUT2D eigenvalue weighted by Gasteiger charge is -2.13. The molecule has 2 aromatic carbocycles. The summed E-state index contributed by atoms with van der Waals surface area (Å²) in [5.41, 5.74) is 13.9. The van der Waals surface area contributed by atoms with Gasteiger partial charge in [0.1, 0.15) is 0 Å². The molecule has 0 aliphatic rings. The van der Waals surface area contributed by atoms with E-state index in [1.807, 2.05) is 4.68 Å².